The number of nitrogens with one attached hydrogen (secondary N) is 2. The molecule has 0 bridgehead atoms. The minimum absolute atomic E-state index is 0.108. The maximum atomic E-state index is 10.6. The number of aryl methyl sites for hydroxylation is 1. The number of carboxylic acids is 1. The van der Waals surface area contributed by atoms with Gasteiger partial charge in [0.2, 0.25) is 0 Å². The zero-order chi connectivity index (χ0) is 9.14. The topological polar surface area (TPSA) is 88.9 Å². The molecule has 0 atom stereocenters. The monoisotopic (exact) mass is 165 g/mol. The van der Waals surface area contributed by atoms with Crippen molar-refractivity contribution in [1.29, 1.82) is 5.26 Å². The minimum atomic E-state index is -1.05. The van der Waals surface area contributed by atoms with Crippen molar-refractivity contribution in [2.24, 2.45) is 0 Å². The van der Waals surface area contributed by atoms with Crippen molar-refractivity contribution in [1.82, 2.24) is 4.98 Å². The van der Waals surface area contributed by atoms with E-state index in [1.807, 2.05) is 0 Å². The highest BCUT2D eigenvalue weighted by molar-refractivity contribution is 5.95. The fourth-order valence-corrected chi connectivity index (χ4v) is 0.961. The lowest BCUT2D eigenvalue weighted by Crippen LogP contribution is -2.00. The third-order valence-corrected chi connectivity index (χ3v) is 1.48. The molecule has 5 heteroatoms. The molecular formula is C7H7N3O2. The second-order valence-electron chi connectivity index (χ2n) is 2.24. The van der Waals surface area contributed by atoms with Crippen LogP contribution in [0.3, 0.4) is 0 Å². The van der Waals surface area contributed by atoms with Crippen molar-refractivity contribution < 1.29 is 9.90 Å². The molecule has 5 nitrogen and oxygen atoms in total. The van der Waals surface area contributed by atoms with Crippen LogP contribution in [0.4, 0.5) is 5.69 Å². The van der Waals surface area contributed by atoms with E-state index in [4.69, 9.17) is 10.4 Å². The number of hydrogen-bond acceptors (Lipinski definition) is 3. The maximum Gasteiger partial charge on any atom is 0.339 e. The first-order chi connectivity index (χ1) is 5.66. The van der Waals surface area contributed by atoms with Gasteiger partial charge in [-0.25, -0.2) is 4.79 Å². The highest BCUT2D eigenvalue weighted by Crippen LogP contribution is 2.18. The summed E-state index contributed by atoms with van der Waals surface area (Å²) in [5.74, 6) is -1.05. The molecule has 1 rings (SSSR count). The van der Waals surface area contributed by atoms with Crippen molar-refractivity contribution in [3.63, 3.8) is 0 Å². The van der Waals surface area contributed by atoms with E-state index in [-0.39, 0.29) is 5.56 Å². The van der Waals surface area contributed by atoms with Gasteiger partial charge in [0.25, 0.3) is 0 Å². The first kappa shape index (κ1) is 8.14. The Morgan fingerprint density at radius 1 is 1.83 bits per heavy atom. The summed E-state index contributed by atoms with van der Waals surface area (Å²) >= 11 is 0. The molecule has 0 saturated heterocycles. The lowest BCUT2D eigenvalue weighted by molar-refractivity contribution is 0.0697. The van der Waals surface area contributed by atoms with Crippen LogP contribution in [0.25, 0.3) is 0 Å². The van der Waals surface area contributed by atoms with Crippen LogP contribution in [0.2, 0.25) is 0 Å². The van der Waals surface area contributed by atoms with Crippen molar-refractivity contribution >= 4 is 11.7 Å². The molecule has 0 aliphatic heterocycles. The van der Waals surface area contributed by atoms with E-state index >= 15 is 0 Å². The van der Waals surface area contributed by atoms with Gasteiger partial charge in [0, 0.05) is 11.9 Å². The number of nitrogens with zero attached hydrogens (tertiary/aromatic N) is 1. The SMILES string of the molecule is Cc1[nH]cc(NC#N)c1C(=O)O. The molecule has 0 unspecified atom stereocenters. The van der Waals surface area contributed by atoms with Crippen LogP contribution in [0.15, 0.2) is 6.20 Å². The van der Waals surface area contributed by atoms with Gasteiger partial charge in [-0.3, -0.25) is 5.32 Å². The van der Waals surface area contributed by atoms with Gasteiger partial charge in [-0.15, -0.1) is 0 Å². The number of carbonyl (C=O) groups is 1. The molecule has 0 fully saturated rings. The zero-order valence-electron chi connectivity index (χ0n) is 6.38. The van der Waals surface area contributed by atoms with Crippen molar-refractivity contribution in [3.05, 3.63) is 17.5 Å². The first-order valence-electron chi connectivity index (χ1n) is 3.23. The Balaban J connectivity index is 3.14. The zero-order valence-corrected chi connectivity index (χ0v) is 6.38. The van der Waals surface area contributed by atoms with Gasteiger partial charge in [-0.1, -0.05) is 0 Å². The van der Waals surface area contributed by atoms with Crippen LogP contribution in [0.5, 0.6) is 0 Å². The van der Waals surface area contributed by atoms with E-state index in [9.17, 15) is 4.79 Å². The standard InChI is InChI=1S/C7H7N3O2/c1-4-6(7(11)12)5(2-9-4)10-3-8/h2,9-10H,1H3,(H,11,12). The third kappa shape index (κ3) is 1.22. The van der Waals surface area contributed by atoms with Crippen LogP contribution in [0, 0.1) is 18.4 Å². The van der Waals surface area contributed by atoms with Gasteiger partial charge in [0.05, 0.1) is 5.69 Å². The van der Waals surface area contributed by atoms with E-state index in [0.717, 1.165) is 0 Å². The summed E-state index contributed by atoms with van der Waals surface area (Å²) in [4.78, 5) is 13.3. The molecule has 1 aromatic rings. The summed E-state index contributed by atoms with van der Waals surface area (Å²) in [5, 5.41) is 19.2. The molecule has 0 spiro atoms. The van der Waals surface area contributed by atoms with Crippen molar-refractivity contribution in [2.75, 3.05) is 5.32 Å². The maximum absolute atomic E-state index is 10.6. The molecule has 0 radical (unpaired) electrons. The number of hydrogen-bond donors (Lipinski definition) is 3. The average Bonchev–Trinajstić information content (AvgIpc) is 2.32. The summed E-state index contributed by atoms with van der Waals surface area (Å²) in [6.07, 6.45) is 3.11. The molecule has 0 amide bonds. The predicted molar refractivity (Wildman–Crippen MR) is 41.7 cm³/mol. The Bertz CT molecular complexity index is 348. The summed E-state index contributed by atoms with van der Waals surface area (Å²) in [5.41, 5.74) is 0.930. The molecule has 0 aliphatic carbocycles. The van der Waals surface area contributed by atoms with E-state index in [1.54, 1.807) is 13.1 Å². The molecule has 1 aromatic heterocycles. The summed E-state index contributed by atoms with van der Waals surface area (Å²) in [7, 11) is 0. The number of rotatable bonds is 2. The average molecular weight is 165 g/mol. The van der Waals surface area contributed by atoms with Gasteiger partial charge in [0.1, 0.15) is 5.56 Å². The van der Waals surface area contributed by atoms with Gasteiger partial charge < -0.3 is 10.1 Å². The lowest BCUT2D eigenvalue weighted by Gasteiger charge is -1.95. The Labute approximate surface area is 68.6 Å². The van der Waals surface area contributed by atoms with Crippen LogP contribution in [0.1, 0.15) is 16.1 Å². The van der Waals surface area contributed by atoms with Crippen LogP contribution in [-0.2, 0) is 0 Å². The summed E-state index contributed by atoms with van der Waals surface area (Å²) < 4.78 is 0. The summed E-state index contributed by atoms with van der Waals surface area (Å²) in [6, 6.07) is 0. The van der Waals surface area contributed by atoms with Gasteiger partial charge in [-0.2, -0.15) is 5.26 Å². The highest BCUT2D eigenvalue weighted by Gasteiger charge is 2.14. The normalized spacial score (nSPS) is 9.00. The van der Waals surface area contributed by atoms with Gasteiger partial charge >= 0.3 is 5.97 Å². The minimum Gasteiger partial charge on any atom is -0.478 e. The Morgan fingerprint density at radius 2 is 2.50 bits per heavy atom. The Kier molecular flexibility index (Phi) is 2.01. The largest absolute Gasteiger partial charge is 0.478 e. The van der Waals surface area contributed by atoms with E-state index in [2.05, 4.69) is 10.3 Å². The Morgan fingerprint density at radius 3 is 3.00 bits per heavy atom. The van der Waals surface area contributed by atoms with Crippen molar-refractivity contribution in [3.8, 4) is 6.19 Å². The van der Waals surface area contributed by atoms with E-state index in [0.29, 0.717) is 11.4 Å². The molecule has 0 saturated carbocycles. The molecule has 0 aliphatic rings. The predicted octanol–water partition coefficient (Wildman–Crippen LogP) is 0.914. The van der Waals surface area contributed by atoms with E-state index in [1.165, 1.54) is 6.20 Å². The number of H-pyrrole nitrogens is 1. The quantitative estimate of drug-likeness (QED) is 0.449. The molecular weight excluding hydrogens is 158 g/mol. The number of aromatic nitrogens is 1. The number of aromatic carboxylic acids is 1. The number of nitriles is 1. The molecule has 12 heavy (non-hydrogen) atoms. The van der Waals surface area contributed by atoms with Crippen LogP contribution < -0.4 is 5.32 Å². The fourth-order valence-electron chi connectivity index (χ4n) is 0.961. The molecule has 3 N–H and O–H groups in total. The highest BCUT2D eigenvalue weighted by atomic mass is 16.4. The number of carboxylic acid groups (broad SMARTS) is 1. The molecule has 0 aromatic carbocycles. The first-order valence-corrected chi connectivity index (χ1v) is 3.23. The number of anilines is 1. The second kappa shape index (κ2) is 2.96. The van der Waals surface area contributed by atoms with Crippen LogP contribution in [-0.4, -0.2) is 16.1 Å². The molecule has 62 valence electrons. The fraction of sp³-hybridized carbons (Fsp3) is 0.143. The van der Waals surface area contributed by atoms with Gasteiger partial charge in [0.15, 0.2) is 6.19 Å². The van der Waals surface area contributed by atoms with Crippen LogP contribution >= 0.6 is 0 Å². The summed E-state index contributed by atoms with van der Waals surface area (Å²) in [6.45, 7) is 1.63. The van der Waals surface area contributed by atoms with Crippen molar-refractivity contribution in [2.45, 2.75) is 6.92 Å². The molecule has 1 heterocycles. The number of aromatic amines is 1. The van der Waals surface area contributed by atoms with E-state index < -0.39 is 5.97 Å². The van der Waals surface area contributed by atoms with Gasteiger partial charge in [-0.05, 0) is 6.92 Å². The second-order valence-corrected chi connectivity index (χ2v) is 2.24. The lowest BCUT2D eigenvalue weighted by atomic mass is 10.2. The smallest absolute Gasteiger partial charge is 0.339 e. The third-order valence-electron chi connectivity index (χ3n) is 1.48. The Hall–Kier alpha value is -1.96.